The highest BCUT2D eigenvalue weighted by molar-refractivity contribution is 9.10. The largest absolute Gasteiger partial charge is 0.444 e. The average Bonchev–Trinajstić information content (AvgIpc) is 2.97. The van der Waals surface area contributed by atoms with Crippen molar-refractivity contribution in [1.82, 2.24) is 10.6 Å². The van der Waals surface area contributed by atoms with Gasteiger partial charge >= 0.3 is 12.3 Å². The molecule has 0 aliphatic heterocycles. The molecular weight excluding hydrogens is 497 g/mol. The molecule has 1 atom stereocenters. The Balaban J connectivity index is 2.21. The molecule has 0 saturated heterocycles. The second-order valence-corrected chi connectivity index (χ2v) is 10.0. The maximum atomic E-state index is 13.4. The van der Waals surface area contributed by atoms with Crippen LogP contribution in [0.5, 0.6) is 0 Å². The fourth-order valence-corrected chi connectivity index (χ4v) is 4.20. The van der Waals surface area contributed by atoms with Crippen LogP contribution in [0, 0.1) is 6.92 Å². The van der Waals surface area contributed by atoms with Crippen molar-refractivity contribution >= 4 is 39.3 Å². The van der Waals surface area contributed by atoms with Gasteiger partial charge in [-0.1, -0.05) is 18.2 Å². The van der Waals surface area contributed by atoms with Crippen molar-refractivity contribution < 1.29 is 27.5 Å². The summed E-state index contributed by atoms with van der Waals surface area (Å²) in [5, 5.41) is 5.26. The van der Waals surface area contributed by atoms with E-state index in [1.165, 1.54) is 29.5 Å². The zero-order chi connectivity index (χ0) is 23.4. The zero-order valence-corrected chi connectivity index (χ0v) is 19.9. The lowest BCUT2D eigenvalue weighted by Gasteiger charge is -2.23. The van der Waals surface area contributed by atoms with E-state index >= 15 is 0 Å². The number of hydrogen-bond acceptors (Lipinski definition) is 4. The number of alkyl halides is 3. The summed E-state index contributed by atoms with van der Waals surface area (Å²) in [5.41, 5.74) is -1.48. The van der Waals surface area contributed by atoms with Crippen molar-refractivity contribution in [1.29, 1.82) is 0 Å². The Morgan fingerprint density at radius 2 is 1.84 bits per heavy atom. The Morgan fingerprint density at radius 3 is 2.39 bits per heavy atom. The van der Waals surface area contributed by atoms with Crippen LogP contribution in [0.4, 0.5) is 18.0 Å². The SMILES string of the molecule is Cc1sc(C(=O)NC(CNC(=O)OC(C)(C)C)Cc2ccccc2C(F)(F)F)cc1Br. The van der Waals surface area contributed by atoms with Crippen LogP contribution in [0.25, 0.3) is 0 Å². The van der Waals surface area contributed by atoms with E-state index in [0.29, 0.717) is 4.88 Å². The number of nitrogens with one attached hydrogen (secondary N) is 2. The number of hydrogen-bond donors (Lipinski definition) is 2. The van der Waals surface area contributed by atoms with Crippen LogP contribution in [-0.2, 0) is 17.3 Å². The second kappa shape index (κ2) is 10.0. The molecule has 2 amide bonds. The van der Waals surface area contributed by atoms with Gasteiger partial charge in [0.2, 0.25) is 0 Å². The van der Waals surface area contributed by atoms with Gasteiger partial charge in [-0.05, 0) is 67.7 Å². The third-order valence-corrected chi connectivity index (χ3v) is 6.23. The Hall–Kier alpha value is -2.07. The Labute approximate surface area is 191 Å². The van der Waals surface area contributed by atoms with E-state index in [2.05, 4.69) is 26.6 Å². The molecule has 1 unspecified atom stereocenters. The molecule has 0 spiro atoms. The summed E-state index contributed by atoms with van der Waals surface area (Å²) in [6.07, 6.45) is -5.37. The fraction of sp³-hybridized carbons (Fsp3) is 0.429. The van der Waals surface area contributed by atoms with Crippen LogP contribution in [0.15, 0.2) is 34.8 Å². The molecule has 1 aromatic heterocycles. The van der Waals surface area contributed by atoms with Gasteiger partial charge < -0.3 is 15.4 Å². The minimum absolute atomic E-state index is 0.0230. The first-order valence-electron chi connectivity index (χ1n) is 9.45. The Kier molecular flexibility index (Phi) is 8.15. The normalized spacial score (nSPS) is 12.9. The molecule has 10 heteroatoms. The molecule has 0 bridgehead atoms. The van der Waals surface area contributed by atoms with Crippen LogP contribution in [0.2, 0.25) is 0 Å². The Bertz CT molecular complexity index is 919. The third kappa shape index (κ3) is 7.84. The smallest absolute Gasteiger partial charge is 0.416 e. The van der Waals surface area contributed by atoms with Gasteiger partial charge in [0.15, 0.2) is 0 Å². The molecule has 0 aliphatic carbocycles. The van der Waals surface area contributed by atoms with E-state index in [4.69, 9.17) is 4.74 Å². The molecule has 1 heterocycles. The standard InChI is InChI=1S/C21H24BrF3N2O3S/c1-12-16(22)10-17(31-12)18(28)27-14(11-26-19(29)30-20(2,3)4)9-13-7-5-6-8-15(13)21(23,24)25/h5-8,10,14H,9,11H2,1-4H3,(H,26,29)(H,27,28). The Morgan fingerprint density at radius 1 is 1.19 bits per heavy atom. The van der Waals surface area contributed by atoms with E-state index in [1.807, 2.05) is 6.92 Å². The number of amides is 2. The number of alkyl carbamates (subject to hydrolysis) is 1. The third-order valence-electron chi connectivity index (χ3n) is 4.10. The second-order valence-electron chi connectivity index (χ2n) is 7.93. The average molecular weight is 521 g/mol. The molecule has 2 rings (SSSR count). The van der Waals surface area contributed by atoms with Crippen LogP contribution >= 0.6 is 27.3 Å². The number of halogens is 4. The highest BCUT2D eigenvalue weighted by Gasteiger charge is 2.33. The van der Waals surface area contributed by atoms with Crippen molar-refractivity contribution in [3.05, 3.63) is 55.7 Å². The number of rotatable bonds is 6. The molecule has 0 radical (unpaired) electrons. The van der Waals surface area contributed by atoms with Crippen molar-refractivity contribution in [2.45, 2.75) is 51.9 Å². The molecule has 31 heavy (non-hydrogen) atoms. The van der Waals surface area contributed by atoms with E-state index < -0.39 is 35.4 Å². The van der Waals surface area contributed by atoms with Gasteiger partial charge in [0.1, 0.15) is 5.60 Å². The predicted molar refractivity (Wildman–Crippen MR) is 117 cm³/mol. The fourth-order valence-electron chi connectivity index (χ4n) is 2.76. The molecule has 5 nitrogen and oxygen atoms in total. The molecule has 0 saturated carbocycles. The van der Waals surface area contributed by atoms with Gasteiger partial charge in [0.25, 0.3) is 5.91 Å². The number of ether oxygens (including phenoxy) is 1. The lowest BCUT2D eigenvalue weighted by atomic mass is 9.99. The molecule has 1 aromatic carbocycles. The zero-order valence-electron chi connectivity index (χ0n) is 17.5. The van der Waals surface area contributed by atoms with Crippen molar-refractivity contribution in [3.63, 3.8) is 0 Å². The lowest BCUT2D eigenvalue weighted by molar-refractivity contribution is -0.138. The van der Waals surface area contributed by atoms with Crippen LogP contribution < -0.4 is 10.6 Å². The van der Waals surface area contributed by atoms with Crippen LogP contribution in [0.3, 0.4) is 0 Å². The summed E-state index contributed by atoms with van der Waals surface area (Å²) < 4.78 is 46.1. The number of thiophene rings is 1. The summed E-state index contributed by atoms with van der Waals surface area (Å²) in [6, 6.07) is 6.04. The van der Waals surface area contributed by atoms with Crippen LogP contribution in [-0.4, -0.2) is 30.2 Å². The van der Waals surface area contributed by atoms with Crippen LogP contribution in [0.1, 0.15) is 46.4 Å². The minimum atomic E-state index is -4.53. The molecule has 0 fully saturated rings. The monoisotopic (exact) mass is 520 g/mol. The lowest BCUT2D eigenvalue weighted by Crippen LogP contribution is -2.46. The minimum Gasteiger partial charge on any atom is -0.444 e. The van der Waals surface area contributed by atoms with Gasteiger partial charge in [-0.2, -0.15) is 13.2 Å². The van der Waals surface area contributed by atoms with Gasteiger partial charge in [-0.15, -0.1) is 11.3 Å². The van der Waals surface area contributed by atoms with Crippen molar-refractivity contribution in [2.75, 3.05) is 6.54 Å². The molecule has 2 N–H and O–H groups in total. The predicted octanol–water partition coefficient (Wildman–Crippen LogP) is 5.70. The van der Waals surface area contributed by atoms with Gasteiger partial charge in [0.05, 0.1) is 16.5 Å². The maximum Gasteiger partial charge on any atom is 0.416 e. The van der Waals surface area contributed by atoms with Crippen molar-refractivity contribution in [3.8, 4) is 0 Å². The molecule has 0 aliphatic rings. The summed E-state index contributed by atoms with van der Waals surface area (Å²) in [5.74, 6) is -0.431. The van der Waals surface area contributed by atoms with E-state index in [0.717, 1.165) is 15.4 Å². The van der Waals surface area contributed by atoms with E-state index in [1.54, 1.807) is 26.8 Å². The first kappa shape index (κ1) is 25.2. The van der Waals surface area contributed by atoms with E-state index in [-0.39, 0.29) is 18.5 Å². The first-order valence-corrected chi connectivity index (χ1v) is 11.1. The number of aryl methyl sites for hydroxylation is 1. The summed E-state index contributed by atoms with van der Waals surface area (Å²) in [4.78, 5) is 26.0. The topological polar surface area (TPSA) is 67.4 Å². The molecule has 170 valence electrons. The maximum absolute atomic E-state index is 13.4. The van der Waals surface area contributed by atoms with E-state index in [9.17, 15) is 22.8 Å². The van der Waals surface area contributed by atoms with Gasteiger partial charge in [-0.3, -0.25) is 4.79 Å². The first-order chi connectivity index (χ1) is 14.3. The molecular formula is C21H24BrF3N2O3S. The summed E-state index contributed by atoms with van der Waals surface area (Å²) in [7, 11) is 0. The number of carbonyl (C=O) groups excluding carboxylic acids is 2. The molecule has 2 aromatic rings. The van der Waals surface area contributed by atoms with Gasteiger partial charge in [0, 0.05) is 15.9 Å². The number of benzene rings is 1. The highest BCUT2D eigenvalue weighted by Crippen LogP contribution is 2.32. The quantitative estimate of drug-likeness (QED) is 0.513. The van der Waals surface area contributed by atoms with Gasteiger partial charge in [-0.25, -0.2) is 4.79 Å². The number of carbonyl (C=O) groups is 2. The van der Waals surface area contributed by atoms with Crippen molar-refractivity contribution in [2.24, 2.45) is 0 Å². The summed E-state index contributed by atoms with van der Waals surface area (Å²) >= 11 is 4.60. The summed E-state index contributed by atoms with van der Waals surface area (Å²) in [6.45, 7) is 6.83. The highest BCUT2D eigenvalue weighted by atomic mass is 79.9.